The second kappa shape index (κ2) is 8.36. The molecule has 5 nitrogen and oxygen atoms in total. The van der Waals surface area contributed by atoms with Crippen molar-refractivity contribution in [3.05, 3.63) is 79.6 Å². The molecule has 6 heteroatoms. The second-order valence-corrected chi connectivity index (χ2v) is 8.57. The van der Waals surface area contributed by atoms with Gasteiger partial charge in [-0.2, -0.15) is 0 Å². The minimum atomic E-state index is -0.441. The van der Waals surface area contributed by atoms with Crippen molar-refractivity contribution in [1.82, 2.24) is 9.80 Å². The minimum absolute atomic E-state index is 0.142. The summed E-state index contributed by atoms with van der Waals surface area (Å²) in [6, 6.07) is 12.9. The summed E-state index contributed by atoms with van der Waals surface area (Å²) in [7, 11) is 0. The van der Waals surface area contributed by atoms with Gasteiger partial charge in [-0.15, -0.1) is 0 Å². The molecule has 3 aromatic rings. The molecule has 1 unspecified atom stereocenters. The van der Waals surface area contributed by atoms with Crippen molar-refractivity contribution in [3.63, 3.8) is 0 Å². The zero-order valence-electron chi connectivity index (χ0n) is 17.4. The van der Waals surface area contributed by atoms with Gasteiger partial charge in [-0.25, -0.2) is 0 Å². The van der Waals surface area contributed by atoms with Crippen molar-refractivity contribution >= 4 is 32.8 Å². The Kier molecular flexibility index (Phi) is 5.80. The zero-order valence-corrected chi connectivity index (χ0v) is 19.0. The van der Waals surface area contributed by atoms with Gasteiger partial charge in [-0.05, 0) is 43.8 Å². The summed E-state index contributed by atoms with van der Waals surface area (Å²) in [6.45, 7) is 9.34. The molecule has 0 aliphatic carbocycles. The van der Waals surface area contributed by atoms with E-state index in [0.717, 1.165) is 35.2 Å². The molecule has 0 saturated carbocycles. The number of carbonyl (C=O) groups is 1. The van der Waals surface area contributed by atoms with Gasteiger partial charge in [-0.3, -0.25) is 9.59 Å². The van der Waals surface area contributed by atoms with Gasteiger partial charge in [0.15, 0.2) is 5.43 Å². The van der Waals surface area contributed by atoms with E-state index in [-0.39, 0.29) is 17.1 Å². The van der Waals surface area contributed by atoms with Crippen LogP contribution in [0.3, 0.4) is 0 Å². The number of carbonyl (C=O) groups excluding carboxylic acids is 1. The standard InChI is InChI=1S/C24H25BrN2O3/c1-4-26(5-2)12-13-27-21(16-8-6-15(3)7-9-16)20-22(28)18-14-17(25)10-11-19(18)30-23(20)24(27)29/h6-11,14,21H,4-5,12-13H2,1-3H3. The lowest BCUT2D eigenvalue weighted by Crippen LogP contribution is -2.37. The van der Waals surface area contributed by atoms with Gasteiger partial charge in [0, 0.05) is 17.6 Å². The van der Waals surface area contributed by atoms with E-state index in [0.29, 0.717) is 23.1 Å². The molecular weight excluding hydrogens is 444 g/mol. The van der Waals surface area contributed by atoms with E-state index in [2.05, 4.69) is 34.7 Å². The number of benzene rings is 2. The Morgan fingerprint density at radius 1 is 1.07 bits per heavy atom. The van der Waals surface area contributed by atoms with E-state index < -0.39 is 6.04 Å². The lowest BCUT2D eigenvalue weighted by molar-refractivity contribution is 0.0708. The number of likely N-dealkylation sites (N-methyl/N-ethyl adjacent to an activating group) is 1. The van der Waals surface area contributed by atoms with Crippen molar-refractivity contribution < 1.29 is 9.21 Å². The lowest BCUT2D eigenvalue weighted by atomic mass is 9.98. The normalized spacial score (nSPS) is 16.0. The highest BCUT2D eigenvalue weighted by atomic mass is 79.9. The molecule has 156 valence electrons. The first-order valence-electron chi connectivity index (χ1n) is 10.3. The van der Waals surface area contributed by atoms with E-state index >= 15 is 0 Å². The average molecular weight is 469 g/mol. The fourth-order valence-electron chi connectivity index (χ4n) is 4.11. The molecule has 2 heterocycles. The molecule has 0 radical (unpaired) electrons. The third-order valence-corrected chi connectivity index (χ3v) is 6.37. The van der Waals surface area contributed by atoms with Crippen LogP contribution in [0.1, 0.15) is 47.1 Å². The Hall–Kier alpha value is -2.44. The van der Waals surface area contributed by atoms with Crippen molar-refractivity contribution in [3.8, 4) is 0 Å². The first-order valence-corrected chi connectivity index (χ1v) is 11.1. The van der Waals surface area contributed by atoms with Gasteiger partial charge in [-0.1, -0.05) is 59.6 Å². The smallest absolute Gasteiger partial charge is 0.290 e. The van der Waals surface area contributed by atoms with E-state index in [9.17, 15) is 9.59 Å². The summed E-state index contributed by atoms with van der Waals surface area (Å²) in [4.78, 5) is 30.9. The Morgan fingerprint density at radius 3 is 2.43 bits per heavy atom. The topological polar surface area (TPSA) is 53.8 Å². The molecule has 0 bridgehead atoms. The number of rotatable bonds is 6. The molecule has 30 heavy (non-hydrogen) atoms. The monoisotopic (exact) mass is 468 g/mol. The van der Waals surface area contributed by atoms with Crippen LogP contribution in [0.4, 0.5) is 0 Å². The number of nitrogens with zero attached hydrogens (tertiary/aromatic N) is 2. The van der Waals surface area contributed by atoms with Crippen LogP contribution in [-0.4, -0.2) is 41.9 Å². The van der Waals surface area contributed by atoms with Crippen molar-refractivity contribution in [2.45, 2.75) is 26.8 Å². The van der Waals surface area contributed by atoms with Crippen LogP contribution < -0.4 is 5.43 Å². The molecule has 0 saturated heterocycles. The van der Waals surface area contributed by atoms with Crippen LogP contribution in [0.15, 0.2) is 56.1 Å². The first-order chi connectivity index (χ1) is 14.4. The molecule has 1 amide bonds. The molecular formula is C24H25BrN2O3. The average Bonchev–Trinajstić information content (AvgIpc) is 3.02. The predicted molar refractivity (Wildman–Crippen MR) is 122 cm³/mol. The number of aryl methyl sites for hydroxylation is 1. The van der Waals surface area contributed by atoms with E-state index in [4.69, 9.17) is 4.42 Å². The predicted octanol–water partition coefficient (Wildman–Crippen LogP) is 4.75. The summed E-state index contributed by atoms with van der Waals surface area (Å²) in [6.07, 6.45) is 0. The number of amides is 1. The lowest BCUT2D eigenvalue weighted by Gasteiger charge is -2.28. The molecule has 1 aromatic heterocycles. The van der Waals surface area contributed by atoms with Gasteiger partial charge >= 0.3 is 0 Å². The number of hydrogen-bond donors (Lipinski definition) is 0. The molecule has 2 aromatic carbocycles. The maximum atomic E-state index is 13.5. The van der Waals surface area contributed by atoms with Crippen LogP contribution >= 0.6 is 15.9 Å². The quantitative estimate of drug-likeness (QED) is 0.523. The fraction of sp³-hybridized carbons (Fsp3) is 0.333. The summed E-state index contributed by atoms with van der Waals surface area (Å²) in [5, 5.41) is 0.485. The minimum Gasteiger partial charge on any atom is -0.450 e. The summed E-state index contributed by atoms with van der Waals surface area (Å²) < 4.78 is 6.79. The molecule has 4 rings (SSSR count). The Bertz CT molecular complexity index is 1150. The van der Waals surface area contributed by atoms with Gasteiger partial charge in [0.1, 0.15) is 5.58 Å². The summed E-state index contributed by atoms with van der Waals surface area (Å²) in [5.74, 6) is -0.0513. The van der Waals surface area contributed by atoms with Crippen LogP contribution in [0.5, 0.6) is 0 Å². The zero-order chi connectivity index (χ0) is 21.4. The van der Waals surface area contributed by atoms with Gasteiger partial charge in [0.25, 0.3) is 5.91 Å². The van der Waals surface area contributed by atoms with Crippen LogP contribution in [0.25, 0.3) is 11.0 Å². The van der Waals surface area contributed by atoms with Crippen LogP contribution in [0.2, 0.25) is 0 Å². The van der Waals surface area contributed by atoms with Crippen LogP contribution in [-0.2, 0) is 0 Å². The number of halogens is 1. The van der Waals surface area contributed by atoms with Crippen molar-refractivity contribution in [2.24, 2.45) is 0 Å². The fourth-order valence-corrected chi connectivity index (χ4v) is 4.47. The Labute approximate surface area is 184 Å². The third kappa shape index (κ3) is 3.59. The van der Waals surface area contributed by atoms with E-state index in [1.54, 1.807) is 17.0 Å². The third-order valence-electron chi connectivity index (χ3n) is 5.87. The Balaban J connectivity index is 1.87. The molecule has 0 fully saturated rings. The maximum Gasteiger partial charge on any atom is 0.290 e. The van der Waals surface area contributed by atoms with Gasteiger partial charge < -0.3 is 14.2 Å². The van der Waals surface area contributed by atoms with E-state index in [1.165, 1.54) is 0 Å². The second-order valence-electron chi connectivity index (χ2n) is 7.65. The molecule has 1 aliphatic heterocycles. The van der Waals surface area contributed by atoms with Crippen LogP contribution in [0, 0.1) is 6.92 Å². The van der Waals surface area contributed by atoms with Crippen molar-refractivity contribution in [1.29, 1.82) is 0 Å². The SMILES string of the molecule is CCN(CC)CCN1C(=O)c2oc3ccc(Br)cc3c(=O)c2C1c1ccc(C)cc1. The number of fused-ring (bicyclic) bond motifs is 2. The van der Waals surface area contributed by atoms with Crippen molar-refractivity contribution in [2.75, 3.05) is 26.2 Å². The first kappa shape index (κ1) is 20.8. The summed E-state index contributed by atoms with van der Waals surface area (Å²) >= 11 is 3.43. The Morgan fingerprint density at radius 2 is 1.77 bits per heavy atom. The van der Waals surface area contributed by atoms with Gasteiger partial charge in [0.2, 0.25) is 5.76 Å². The highest BCUT2D eigenvalue weighted by Crippen LogP contribution is 2.38. The largest absolute Gasteiger partial charge is 0.450 e. The molecule has 1 atom stereocenters. The van der Waals surface area contributed by atoms with Gasteiger partial charge in [0.05, 0.1) is 17.0 Å². The molecule has 0 spiro atoms. The maximum absolute atomic E-state index is 13.5. The summed E-state index contributed by atoms with van der Waals surface area (Å²) in [5.41, 5.74) is 2.79. The highest BCUT2D eigenvalue weighted by molar-refractivity contribution is 9.10. The molecule has 0 N–H and O–H groups in total. The highest BCUT2D eigenvalue weighted by Gasteiger charge is 2.42. The molecule has 1 aliphatic rings. The van der Waals surface area contributed by atoms with E-state index in [1.807, 2.05) is 37.3 Å². The number of hydrogen-bond acceptors (Lipinski definition) is 4.